The van der Waals surface area contributed by atoms with Crippen LogP contribution in [-0.2, 0) is 0 Å². The van der Waals surface area contributed by atoms with E-state index in [4.69, 9.17) is 0 Å². The van der Waals surface area contributed by atoms with Crippen LogP contribution in [0.4, 0.5) is 4.39 Å². The van der Waals surface area contributed by atoms with Crippen LogP contribution < -0.4 is 0 Å². The van der Waals surface area contributed by atoms with Crippen molar-refractivity contribution < 1.29 is 9.18 Å². The fourth-order valence-corrected chi connectivity index (χ4v) is 1.98. The number of hydrogen-bond acceptors (Lipinski definition) is 2. The van der Waals surface area contributed by atoms with Crippen molar-refractivity contribution in [1.29, 1.82) is 0 Å². The molecular weight excluding hydrogens is 285 g/mol. The molecule has 0 aliphatic carbocycles. The van der Waals surface area contributed by atoms with Crippen LogP contribution in [0.3, 0.4) is 0 Å². The first kappa shape index (κ1) is 11.9. The molecule has 0 amide bonds. The first-order valence-corrected chi connectivity index (χ1v) is 5.80. The normalized spacial score (nSPS) is 10.3. The maximum Gasteiger partial charge on any atom is 0.198 e. The molecule has 17 heavy (non-hydrogen) atoms. The molecular formula is C13H9BrFNO. The predicted octanol–water partition coefficient (Wildman–Crippen LogP) is 3.52. The summed E-state index contributed by atoms with van der Waals surface area (Å²) < 4.78 is 14.0. The minimum absolute atomic E-state index is 0.0400. The molecule has 86 valence electrons. The Morgan fingerprint density at radius 1 is 1.29 bits per heavy atom. The van der Waals surface area contributed by atoms with Crippen LogP contribution in [0, 0.1) is 12.7 Å². The number of carbonyl (C=O) groups is 1. The lowest BCUT2D eigenvalue weighted by molar-refractivity contribution is 0.103. The Labute approximate surface area is 107 Å². The fraction of sp³-hybridized carbons (Fsp3) is 0.0769. The quantitative estimate of drug-likeness (QED) is 0.793. The first-order valence-electron chi connectivity index (χ1n) is 5.01. The number of rotatable bonds is 2. The van der Waals surface area contributed by atoms with Crippen LogP contribution in [0.25, 0.3) is 0 Å². The van der Waals surface area contributed by atoms with Crippen LogP contribution in [0.5, 0.6) is 0 Å². The van der Waals surface area contributed by atoms with Gasteiger partial charge in [-0.15, -0.1) is 0 Å². The molecule has 0 saturated carbocycles. The highest BCUT2D eigenvalue weighted by Gasteiger charge is 2.17. The number of hydrogen-bond donors (Lipinski definition) is 0. The molecule has 2 nitrogen and oxygen atoms in total. The van der Waals surface area contributed by atoms with Crippen molar-refractivity contribution in [2.75, 3.05) is 0 Å². The summed E-state index contributed by atoms with van der Waals surface area (Å²) in [5.41, 5.74) is 1.23. The standard InChI is InChI=1S/C13H9BrFNO/c1-8-5-6-9(7-16-8)13(17)12-10(14)3-2-4-11(12)15/h2-7H,1H3. The summed E-state index contributed by atoms with van der Waals surface area (Å²) in [4.78, 5) is 16.1. The molecule has 1 aromatic carbocycles. The van der Waals surface area contributed by atoms with Gasteiger partial charge in [-0.25, -0.2) is 4.39 Å². The van der Waals surface area contributed by atoms with Crippen LogP contribution in [0.15, 0.2) is 41.0 Å². The molecule has 4 heteroatoms. The fourth-order valence-electron chi connectivity index (χ4n) is 1.46. The van der Waals surface area contributed by atoms with Gasteiger partial charge in [0, 0.05) is 21.9 Å². The van der Waals surface area contributed by atoms with Gasteiger partial charge in [-0.2, -0.15) is 0 Å². The number of halogens is 2. The zero-order valence-electron chi connectivity index (χ0n) is 9.08. The molecule has 1 heterocycles. The van der Waals surface area contributed by atoms with E-state index in [1.165, 1.54) is 12.3 Å². The van der Waals surface area contributed by atoms with E-state index < -0.39 is 5.82 Å². The van der Waals surface area contributed by atoms with Gasteiger partial charge in [0.15, 0.2) is 5.78 Å². The number of ketones is 1. The molecule has 0 unspecified atom stereocenters. The molecule has 2 aromatic rings. The zero-order chi connectivity index (χ0) is 12.4. The summed E-state index contributed by atoms with van der Waals surface area (Å²) in [5, 5.41) is 0. The Bertz CT molecular complexity index is 546. The lowest BCUT2D eigenvalue weighted by Gasteiger charge is -2.05. The second kappa shape index (κ2) is 4.75. The Morgan fingerprint density at radius 3 is 2.65 bits per heavy atom. The van der Waals surface area contributed by atoms with E-state index in [1.54, 1.807) is 24.3 Å². The third-order valence-electron chi connectivity index (χ3n) is 2.36. The van der Waals surface area contributed by atoms with Gasteiger partial charge >= 0.3 is 0 Å². The van der Waals surface area contributed by atoms with E-state index in [9.17, 15) is 9.18 Å². The molecule has 0 aliphatic heterocycles. The highest BCUT2D eigenvalue weighted by atomic mass is 79.9. The van der Waals surface area contributed by atoms with E-state index in [-0.39, 0.29) is 11.3 Å². The van der Waals surface area contributed by atoms with Gasteiger partial charge in [-0.1, -0.05) is 6.07 Å². The highest BCUT2D eigenvalue weighted by Crippen LogP contribution is 2.22. The Hall–Kier alpha value is -1.55. The third-order valence-corrected chi connectivity index (χ3v) is 3.02. The summed E-state index contributed by atoms with van der Waals surface area (Å²) in [6.07, 6.45) is 1.45. The molecule has 0 radical (unpaired) electrons. The second-order valence-electron chi connectivity index (χ2n) is 3.61. The maximum absolute atomic E-state index is 13.6. The molecule has 0 bridgehead atoms. The smallest absolute Gasteiger partial charge is 0.198 e. The van der Waals surface area contributed by atoms with Crippen molar-refractivity contribution in [2.45, 2.75) is 6.92 Å². The van der Waals surface area contributed by atoms with Gasteiger partial charge in [0.2, 0.25) is 0 Å². The topological polar surface area (TPSA) is 30.0 Å². The molecule has 2 rings (SSSR count). The van der Waals surface area contributed by atoms with Gasteiger partial charge in [0.05, 0.1) is 5.56 Å². The van der Waals surface area contributed by atoms with Crippen molar-refractivity contribution in [2.24, 2.45) is 0 Å². The van der Waals surface area contributed by atoms with E-state index in [2.05, 4.69) is 20.9 Å². The van der Waals surface area contributed by atoms with Gasteiger partial charge < -0.3 is 0 Å². The summed E-state index contributed by atoms with van der Waals surface area (Å²) in [6, 6.07) is 7.81. The number of carbonyl (C=O) groups excluding carboxylic acids is 1. The summed E-state index contributed by atoms with van der Waals surface area (Å²) in [7, 11) is 0. The second-order valence-corrected chi connectivity index (χ2v) is 4.47. The average molecular weight is 294 g/mol. The van der Waals surface area contributed by atoms with E-state index in [0.717, 1.165) is 5.69 Å². The predicted molar refractivity (Wildman–Crippen MR) is 66.5 cm³/mol. The van der Waals surface area contributed by atoms with Gasteiger partial charge in [0.1, 0.15) is 5.82 Å². The maximum atomic E-state index is 13.6. The van der Waals surface area contributed by atoms with Crippen LogP contribution in [0.1, 0.15) is 21.6 Å². The first-order chi connectivity index (χ1) is 8.09. The van der Waals surface area contributed by atoms with Crippen molar-refractivity contribution in [3.05, 3.63) is 63.6 Å². The molecule has 0 N–H and O–H groups in total. The van der Waals surface area contributed by atoms with Crippen molar-refractivity contribution in [1.82, 2.24) is 4.98 Å². The molecule has 0 spiro atoms. The lowest BCUT2D eigenvalue weighted by atomic mass is 10.0. The number of aromatic nitrogens is 1. The van der Waals surface area contributed by atoms with E-state index >= 15 is 0 Å². The third kappa shape index (κ3) is 2.42. The SMILES string of the molecule is Cc1ccc(C(=O)c2c(F)cccc2Br)cn1. The Morgan fingerprint density at radius 2 is 2.06 bits per heavy atom. The van der Waals surface area contributed by atoms with Crippen molar-refractivity contribution in [3.8, 4) is 0 Å². The minimum atomic E-state index is -0.537. The number of benzene rings is 1. The summed E-state index contributed by atoms with van der Waals surface area (Å²) in [5.74, 6) is -0.910. The Balaban J connectivity index is 2.47. The molecule has 1 aromatic heterocycles. The van der Waals surface area contributed by atoms with Crippen LogP contribution in [-0.4, -0.2) is 10.8 Å². The molecule has 0 atom stereocenters. The zero-order valence-corrected chi connectivity index (χ0v) is 10.7. The largest absolute Gasteiger partial charge is 0.288 e. The van der Waals surface area contributed by atoms with Crippen LogP contribution in [0.2, 0.25) is 0 Å². The lowest BCUT2D eigenvalue weighted by Crippen LogP contribution is -2.06. The highest BCUT2D eigenvalue weighted by molar-refractivity contribution is 9.10. The molecule has 0 fully saturated rings. The molecule has 0 aliphatic rings. The number of pyridine rings is 1. The van der Waals surface area contributed by atoms with Crippen LogP contribution >= 0.6 is 15.9 Å². The van der Waals surface area contributed by atoms with Gasteiger partial charge in [-0.05, 0) is 47.1 Å². The minimum Gasteiger partial charge on any atom is -0.288 e. The molecule has 0 saturated heterocycles. The summed E-state index contributed by atoms with van der Waals surface area (Å²) >= 11 is 3.18. The van der Waals surface area contributed by atoms with Crippen molar-refractivity contribution >= 4 is 21.7 Å². The number of nitrogens with zero attached hydrogens (tertiary/aromatic N) is 1. The van der Waals surface area contributed by atoms with Gasteiger partial charge in [-0.3, -0.25) is 9.78 Å². The van der Waals surface area contributed by atoms with E-state index in [1.807, 2.05) is 6.92 Å². The van der Waals surface area contributed by atoms with Gasteiger partial charge in [0.25, 0.3) is 0 Å². The summed E-state index contributed by atoms with van der Waals surface area (Å²) in [6.45, 7) is 1.83. The number of aryl methyl sites for hydroxylation is 1. The average Bonchev–Trinajstić information content (AvgIpc) is 2.29. The van der Waals surface area contributed by atoms with Crippen molar-refractivity contribution in [3.63, 3.8) is 0 Å². The monoisotopic (exact) mass is 293 g/mol. The Kier molecular flexibility index (Phi) is 3.33. The van der Waals surface area contributed by atoms with E-state index in [0.29, 0.717) is 10.0 Å².